The number of piperidine rings is 1. The van der Waals surface area contributed by atoms with E-state index >= 15 is 0 Å². The van der Waals surface area contributed by atoms with Crippen molar-refractivity contribution in [2.45, 2.75) is 57.3 Å². The minimum Gasteiger partial charge on any atom is -0.317 e. The number of nitrogens with zero attached hydrogens (tertiary/aromatic N) is 1. The minimum absolute atomic E-state index is 0.775. The molecule has 2 fully saturated rings. The van der Waals surface area contributed by atoms with Crippen LogP contribution in [0.5, 0.6) is 0 Å². The van der Waals surface area contributed by atoms with E-state index in [9.17, 15) is 0 Å². The van der Waals surface area contributed by atoms with Crippen LogP contribution in [-0.2, 0) is 6.42 Å². The number of hydrogen-bond acceptors (Lipinski definition) is 3. The first-order valence-electron chi connectivity index (χ1n) is 7.57. The topological polar surface area (TPSA) is 24.9 Å². The summed E-state index contributed by atoms with van der Waals surface area (Å²) in [7, 11) is 0. The van der Waals surface area contributed by atoms with Crippen molar-refractivity contribution in [2.75, 3.05) is 13.1 Å². The van der Waals surface area contributed by atoms with Crippen molar-refractivity contribution in [3.05, 3.63) is 16.1 Å². The van der Waals surface area contributed by atoms with Crippen LogP contribution in [0, 0.1) is 5.92 Å². The van der Waals surface area contributed by atoms with Gasteiger partial charge >= 0.3 is 0 Å². The Labute approximate surface area is 114 Å². The van der Waals surface area contributed by atoms with Gasteiger partial charge in [0, 0.05) is 17.7 Å². The molecule has 0 unspecified atom stereocenters. The second-order valence-corrected chi connectivity index (χ2v) is 6.84. The first kappa shape index (κ1) is 12.6. The van der Waals surface area contributed by atoms with E-state index in [4.69, 9.17) is 4.98 Å². The lowest BCUT2D eigenvalue weighted by Gasteiger charge is -2.21. The molecule has 1 aromatic heterocycles. The lowest BCUT2D eigenvalue weighted by atomic mass is 9.87. The van der Waals surface area contributed by atoms with E-state index in [0.29, 0.717) is 0 Å². The number of aromatic nitrogens is 1. The Morgan fingerprint density at radius 1 is 1.11 bits per heavy atom. The summed E-state index contributed by atoms with van der Waals surface area (Å²) in [6, 6.07) is 0. The van der Waals surface area contributed by atoms with Gasteiger partial charge in [-0.1, -0.05) is 19.3 Å². The summed E-state index contributed by atoms with van der Waals surface area (Å²) in [5, 5.41) is 7.17. The SMILES string of the molecule is c1sc(CC2CCNCC2)nc1C1CCCCC1. The molecule has 1 aromatic rings. The zero-order valence-electron chi connectivity index (χ0n) is 11.2. The lowest BCUT2D eigenvalue weighted by Crippen LogP contribution is -2.28. The quantitative estimate of drug-likeness (QED) is 0.899. The fourth-order valence-electron chi connectivity index (χ4n) is 3.34. The monoisotopic (exact) mass is 264 g/mol. The van der Waals surface area contributed by atoms with Gasteiger partial charge in [0.15, 0.2) is 0 Å². The number of hydrogen-bond donors (Lipinski definition) is 1. The molecule has 2 nitrogen and oxygen atoms in total. The largest absolute Gasteiger partial charge is 0.317 e. The van der Waals surface area contributed by atoms with Gasteiger partial charge in [0.05, 0.1) is 10.7 Å². The molecule has 100 valence electrons. The zero-order chi connectivity index (χ0) is 12.2. The highest BCUT2D eigenvalue weighted by molar-refractivity contribution is 7.09. The molecule has 18 heavy (non-hydrogen) atoms. The fraction of sp³-hybridized carbons (Fsp3) is 0.800. The summed E-state index contributed by atoms with van der Waals surface area (Å²) in [6.45, 7) is 2.40. The van der Waals surface area contributed by atoms with Gasteiger partial charge in [-0.3, -0.25) is 0 Å². The van der Waals surface area contributed by atoms with E-state index in [-0.39, 0.29) is 0 Å². The van der Waals surface area contributed by atoms with Crippen LogP contribution in [0.3, 0.4) is 0 Å². The van der Waals surface area contributed by atoms with Crippen LogP contribution in [0.1, 0.15) is 61.6 Å². The molecule has 0 aromatic carbocycles. The molecule has 0 radical (unpaired) electrons. The Morgan fingerprint density at radius 2 is 1.89 bits per heavy atom. The summed E-state index contributed by atoms with van der Waals surface area (Å²) in [6.07, 6.45) is 10.9. The summed E-state index contributed by atoms with van der Waals surface area (Å²) in [4.78, 5) is 4.93. The Morgan fingerprint density at radius 3 is 2.67 bits per heavy atom. The van der Waals surface area contributed by atoms with Gasteiger partial charge < -0.3 is 5.32 Å². The highest BCUT2D eigenvalue weighted by Crippen LogP contribution is 2.33. The molecule has 0 atom stereocenters. The van der Waals surface area contributed by atoms with Crippen LogP contribution in [0.25, 0.3) is 0 Å². The van der Waals surface area contributed by atoms with Crippen molar-refractivity contribution >= 4 is 11.3 Å². The van der Waals surface area contributed by atoms with Crippen molar-refractivity contribution in [1.29, 1.82) is 0 Å². The molecular formula is C15H24N2S. The molecule has 3 heteroatoms. The smallest absolute Gasteiger partial charge is 0.0931 e. The van der Waals surface area contributed by atoms with Crippen LogP contribution in [0.4, 0.5) is 0 Å². The average Bonchev–Trinajstić information content (AvgIpc) is 2.89. The predicted molar refractivity (Wildman–Crippen MR) is 77.2 cm³/mol. The van der Waals surface area contributed by atoms with E-state index in [1.807, 2.05) is 11.3 Å². The third-order valence-corrected chi connectivity index (χ3v) is 5.40. The van der Waals surface area contributed by atoms with Crippen LogP contribution >= 0.6 is 11.3 Å². The van der Waals surface area contributed by atoms with E-state index in [1.165, 1.54) is 75.2 Å². The van der Waals surface area contributed by atoms with Gasteiger partial charge in [0.25, 0.3) is 0 Å². The van der Waals surface area contributed by atoms with E-state index in [1.54, 1.807) is 0 Å². The van der Waals surface area contributed by atoms with Crippen LogP contribution in [-0.4, -0.2) is 18.1 Å². The van der Waals surface area contributed by atoms with Crippen LogP contribution < -0.4 is 5.32 Å². The second kappa shape index (κ2) is 6.16. The van der Waals surface area contributed by atoms with Crippen molar-refractivity contribution in [3.8, 4) is 0 Å². The number of rotatable bonds is 3. The Kier molecular flexibility index (Phi) is 4.32. The normalized spacial score (nSPS) is 23.3. The Hall–Kier alpha value is -0.410. The Balaban J connectivity index is 1.58. The van der Waals surface area contributed by atoms with Gasteiger partial charge in [-0.2, -0.15) is 0 Å². The molecule has 1 saturated heterocycles. The van der Waals surface area contributed by atoms with Crippen molar-refractivity contribution < 1.29 is 0 Å². The molecule has 2 heterocycles. The summed E-state index contributed by atoms with van der Waals surface area (Å²) < 4.78 is 0. The summed E-state index contributed by atoms with van der Waals surface area (Å²) >= 11 is 1.91. The van der Waals surface area contributed by atoms with Crippen molar-refractivity contribution in [2.24, 2.45) is 5.92 Å². The number of thiazole rings is 1. The molecule has 0 amide bonds. The summed E-state index contributed by atoms with van der Waals surface area (Å²) in [5.41, 5.74) is 1.41. The van der Waals surface area contributed by atoms with Crippen LogP contribution in [0.2, 0.25) is 0 Å². The third-order valence-electron chi connectivity index (χ3n) is 4.51. The van der Waals surface area contributed by atoms with Crippen LogP contribution in [0.15, 0.2) is 5.38 Å². The standard InChI is InChI=1S/C15H24N2S/c1-2-4-13(5-3-1)14-11-18-15(17-14)10-12-6-8-16-9-7-12/h11-13,16H,1-10H2. The molecule has 1 saturated carbocycles. The molecule has 3 rings (SSSR count). The first-order chi connectivity index (χ1) is 8.92. The van der Waals surface area contributed by atoms with E-state index in [2.05, 4.69) is 10.7 Å². The molecular weight excluding hydrogens is 240 g/mol. The van der Waals surface area contributed by atoms with Gasteiger partial charge in [0.2, 0.25) is 0 Å². The molecule has 2 aliphatic rings. The van der Waals surface area contributed by atoms with Crippen molar-refractivity contribution in [1.82, 2.24) is 10.3 Å². The van der Waals surface area contributed by atoms with Gasteiger partial charge in [-0.05, 0) is 44.7 Å². The third kappa shape index (κ3) is 3.12. The molecule has 1 N–H and O–H groups in total. The maximum Gasteiger partial charge on any atom is 0.0931 e. The molecule has 1 aliphatic heterocycles. The van der Waals surface area contributed by atoms with Gasteiger partial charge in [0.1, 0.15) is 0 Å². The lowest BCUT2D eigenvalue weighted by molar-refractivity contribution is 0.371. The van der Waals surface area contributed by atoms with Gasteiger partial charge in [-0.15, -0.1) is 11.3 Å². The number of nitrogens with one attached hydrogen (secondary N) is 1. The second-order valence-electron chi connectivity index (χ2n) is 5.90. The minimum atomic E-state index is 0.775. The van der Waals surface area contributed by atoms with Gasteiger partial charge in [-0.25, -0.2) is 4.98 Å². The Bertz CT molecular complexity index is 362. The zero-order valence-corrected chi connectivity index (χ0v) is 12.0. The highest BCUT2D eigenvalue weighted by atomic mass is 32.1. The van der Waals surface area contributed by atoms with E-state index < -0.39 is 0 Å². The average molecular weight is 264 g/mol. The molecule has 0 spiro atoms. The molecule has 0 bridgehead atoms. The fourth-order valence-corrected chi connectivity index (χ4v) is 4.33. The highest BCUT2D eigenvalue weighted by Gasteiger charge is 2.20. The maximum absolute atomic E-state index is 4.93. The van der Waals surface area contributed by atoms with E-state index in [0.717, 1.165) is 11.8 Å². The van der Waals surface area contributed by atoms with Crippen molar-refractivity contribution in [3.63, 3.8) is 0 Å². The molecule has 1 aliphatic carbocycles. The predicted octanol–water partition coefficient (Wildman–Crippen LogP) is 3.73. The summed E-state index contributed by atoms with van der Waals surface area (Å²) in [5.74, 6) is 1.65. The maximum atomic E-state index is 4.93. The first-order valence-corrected chi connectivity index (χ1v) is 8.45.